The lowest BCUT2D eigenvalue weighted by atomic mass is 9.70. The SMILES string of the molecule is CCOC(=O)C(F)(F)CNC(=O)[C@@H](NC(=O)[C@@H]1CN(C(=O)c2cnn(Cc3ccccc3)c2)CC12CN(C(=O)[C@H]1CC1(C)C)C2)[C@@H](C)OCC1CCCCC1. The number of benzene rings is 1. The fourth-order valence-electron chi connectivity index (χ4n) is 8.30. The summed E-state index contributed by atoms with van der Waals surface area (Å²) in [5.41, 5.74) is 0.481. The van der Waals surface area contributed by atoms with E-state index < -0.39 is 53.7 Å². The van der Waals surface area contributed by atoms with Gasteiger partial charge >= 0.3 is 11.9 Å². The van der Waals surface area contributed by atoms with E-state index in [9.17, 15) is 32.8 Å². The molecule has 15 heteroatoms. The number of carbonyl (C=O) groups is 5. The third kappa shape index (κ3) is 9.19. The zero-order chi connectivity index (χ0) is 39.5. The van der Waals surface area contributed by atoms with Crippen molar-refractivity contribution in [3.8, 4) is 0 Å². The number of rotatable bonds is 15. The van der Waals surface area contributed by atoms with Crippen molar-refractivity contribution in [3.63, 3.8) is 0 Å². The van der Waals surface area contributed by atoms with Crippen LogP contribution in [0.3, 0.4) is 0 Å². The van der Waals surface area contributed by atoms with E-state index in [0.29, 0.717) is 18.7 Å². The number of alkyl halides is 2. The van der Waals surface area contributed by atoms with Crippen molar-refractivity contribution in [2.45, 2.75) is 90.8 Å². The number of ether oxygens (including phenoxy) is 2. The van der Waals surface area contributed by atoms with Gasteiger partial charge in [0.05, 0.1) is 43.5 Å². The van der Waals surface area contributed by atoms with Crippen LogP contribution in [-0.4, -0.2) is 113 Å². The number of esters is 1. The van der Waals surface area contributed by atoms with Gasteiger partial charge in [0.25, 0.3) is 5.91 Å². The van der Waals surface area contributed by atoms with Gasteiger partial charge in [-0.25, -0.2) is 4.79 Å². The molecule has 1 spiro atoms. The molecule has 1 aromatic carbocycles. The smallest absolute Gasteiger partial charge is 0.378 e. The predicted octanol–water partition coefficient (Wildman–Crippen LogP) is 3.66. The predicted molar refractivity (Wildman–Crippen MR) is 197 cm³/mol. The molecule has 1 aromatic heterocycles. The number of carbonyl (C=O) groups excluding carboxylic acids is 5. The van der Waals surface area contributed by atoms with Gasteiger partial charge in [0.15, 0.2) is 0 Å². The Balaban J connectivity index is 1.19. The van der Waals surface area contributed by atoms with Gasteiger partial charge in [-0.3, -0.25) is 23.9 Å². The molecule has 2 aliphatic carbocycles. The lowest BCUT2D eigenvalue weighted by Crippen LogP contribution is -2.65. The van der Waals surface area contributed by atoms with Gasteiger partial charge in [-0.2, -0.15) is 13.9 Å². The quantitative estimate of drug-likeness (QED) is 0.261. The van der Waals surface area contributed by atoms with Crippen molar-refractivity contribution in [1.82, 2.24) is 30.2 Å². The summed E-state index contributed by atoms with van der Waals surface area (Å²) in [6, 6.07) is 8.30. The number of likely N-dealkylation sites (tertiary alicyclic amines) is 2. The number of hydrogen-bond donors (Lipinski definition) is 2. The molecule has 2 N–H and O–H groups in total. The van der Waals surface area contributed by atoms with E-state index >= 15 is 0 Å². The second kappa shape index (κ2) is 16.4. The molecule has 2 aliphatic heterocycles. The standard InChI is InChI=1S/C40H54F2N6O7/c1-5-54-37(53)40(41,42)22-43-34(50)32(26(2)55-21-28-14-10-7-11-15-28)45-33(49)31-20-46(23-39(31)24-47(25-39)36(52)30-16-38(30,3)4)35(51)29-17-44-48(19-29)18-27-12-8-6-9-13-27/h6,8-9,12-13,17,19,26,28,30-32H,5,7,10-11,14-16,18,20-25H2,1-4H3,(H,43,50)(H,45,49)/t26-,30-,31+,32+/m1/s1. The Labute approximate surface area is 320 Å². The highest BCUT2D eigenvalue weighted by Gasteiger charge is 2.62. The third-order valence-electron chi connectivity index (χ3n) is 11.9. The van der Waals surface area contributed by atoms with Crippen LogP contribution < -0.4 is 10.6 Å². The van der Waals surface area contributed by atoms with E-state index in [0.717, 1.165) is 44.1 Å². The van der Waals surface area contributed by atoms with Gasteiger partial charge in [-0.05, 0) is 50.0 Å². The van der Waals surface area contributed by atoms with E-state index in [1.165, 1.54) is 13.1 Å². The number of halogens is 2. The van der Waals surface area contributed by atoms with Gasteiger partial charge < -0.3 is 29.9 Å². The Hall–Kier alpha value is -4.40. The highest BCUT2D eigenvalue weighted by Crippen LogP contribution is 2.54. The summed E-state index contributed by atoms with van der Waals surface area (Å²) in [5.74, 6) is -8.21. The molecule has 4 fully saturated rings. The van der Waals surface area contributed by atoms with Crippen LogP contribution in [0.15, 0.2) is 42.7 Å². The Morgan fingerprint density at radius 1 is 1.00 bits per heavy atom. The molecule has 4 aliphatic rings. The Kier molecular flexibility index (Phi) is 12.0. The van der Waals surface area contributed by atoms with Crippen molar-refractivity contribution in [3.05, 3.63) is 53.9 Å². The number of aromatic nitrogens is 2. The summed E-state index contributed by atoms with van der Waals surface area (Å²) in [6.07, 6.45) is 8.23. The molecule has 4 amide bonds. The van der Waals surface area contributed by atoms with Crippen molar-refractivity contribution in [1.29, 1.82) is 0 Å². The van der Waals surface area contributed by atoms with Gasteiger partial charge in [0.1, 0.15) is 6.04 Å². The van der Waals surface area contributed by atoms with Crippen LogP contribution in [0.25, 0.3) is 0 Å². The number of amides is 4. The monoisotopic (exact) mass is 768 g/mol. The van der Waals surface area contributed by atoms with Crippen LogP contribution in [0.1, 0.15) is 82.1 Å². The first-order valence-corrected chi connectivity index (χ1v) is 19.5. The van der Waals surface area contributed by atoms with Gasteiger partial charge in [-0.15, -0.1) is 0 Å². The molecule has 6 rings (SSSR count). The van der Waals surface area contributed by atoms with Gasteiger partial charge in [0.2, 0.25) is 17.7 Å². The van der Waals surface area contributed by atoms with Crippen molar-refractivity contribution >= 4 is 29.6 Å². The van der Waals surface area contributed by atoms with Crippen LogP contribution in [0.5, 0.6) is 0 Å². The summed E-state index contributed by atoms with van der Waals surface area (Å²) in [6.45, 7) is 7.02. The average Bonchev–Trinajstić information content (AvgIpc) is 3.45. The molecule has 300 valence electrons. The number of nitrogens with one attached hydrogen (secondary N) is 2. The molecule has 0 unspecified atom stereocenters. The third-order valence-corrected chi connectivity index (χ3v) is 11.9. The second-order valence-corrected chi connectivity index (χ2v) is 16.6. The zero-order valence-corrected chi connectivity index (χ0v) is 32.2. The topological polar surface area (TPSA) is 152 Å². The summed E-state index contributed by atoms with van der Waals surface area (Å²) in [5, 5.41) is 9.31. The molecule has 3 heterocycles. The van der Waals surface area contributed by atoms with Gasteiger partial charge in [0, 0.05) is 50.3 Å². The highest BCUT2D eigenvalue weighted by molar-refractivity contribution is 5.96. The van der Waals surface area contributed by atoms with Crippen LogP contribution >= 0.6 is 0 Å². The first-order valence-electron chi connectivity index (χ1n) is 19.5. The maximum Gasteiger partial charge on any atom is 0.378 e. The fraction of sp³-hybridized carbons (Fsp3) is 0.650. The minimum atomic E-state index is -3.99. The molecule has 2 saturated carbocycles. The van der Waals surface area contributed by atoms with Crippen molar-refractivity contribution in [2.75, 3.05) is 45.9 Å². The van der Waals surface area contributed by atoms with Crippen molar-refractivity contribution in [2.24, 2.45) is 28.6 Å². The van der Waals surface area contributed by atoms with Crippen LogP contribution in [0, 0.1) is 28.6 Å². The average molecular weight is 769 g/mol. The normalized spacial score (nSPS) is 22.7. The fourth-order valence-corrected chi connectivity index (χ4v) is 8.30. The van der Waals surface area contributed by atoms with E-state index in [4.69, 9.17) is 4.74 Å². The van der Waals surface area contributed by atoms with E-state index in [2.05, 4.69) is 20.5 Å². The largest absolute Gasteiger partial charge is 0.462 e. The van der Waals surface area contributed by atoms with Gasteiger partial charge in [-0.1, -0.05) is 63.4 Å². The molecule has 0 bridgehead atoms. The second-order valence-electron chi connectivity index (χ2n) is 16.6. The minimum Gasteiger partial charge on any atom is -0.462 e. The molecule has 55 heavy (non-hydrogen) atoms. The molecule has 13 nitrogen and oxygen atoms in total. The Bertz CT molecular complexity index is 1720. The van der Waals surface area contributed by atoms with E-state index in [1.54, 1.807) is 27.6 Å². The summed E-state index contributed by atoms with van der Waals surface area (Å²) >= 11 is 0. The van der Waals surface area contributed by atoms with Crippen LogP contribution in [-0.2, 0) is 35.2 Å². The van der Waals surface area contributed by atoms with Crippen LogP contribution in [0.4, 0.5) is 8.78 Å². The van der Waals surface area contributed by atoms with E-state index in [-0.39, 0.29) is 61.9 Å². The number of nitrogens with zero attached hydrogens (tertiary/aromatic N) is 4. The summed E-state index contributed by atoms with van der Waals surface area (Å²) in [7, 11) is 0. The van der Waals surface area contributed by atoms with Crippen molar-refractivity contribution < 1.29 is 42.2 Å². The molecular formula is C40H54F2N6O7. The van der Waals surface area contributed by atoms with E-state index in [1.807, 2.05) is 44.2 Å². The number of hydrogen-bond acceptors (Lipinski definition) is 8. The maximum absolute atomic E-state index is 14.6. The maximum atomic E-state index is 14.6. The molecule has 2 aromatic rings. The Morgan fingerprint density at radius 3 is 2.33 bits per heavy atom. The summed E-state index contributed by atoms with van der Waals surface area (Å²) in [4.78, 5) is 70.5. The van der Waals surface area contributed by atoms with Crippen LogP contribution in [0.2, 0.25) is 0 Å². The lowest BCUT2D eigenvalue weighted by molar-refractivity contribution is -0.171. The molecular weight excluding hydrogens is 714 g/mol. The Morgan fingerprint density at radius 2 is 1.67 bits per heavy atom. The highest BCUT2D eigenvalue weighted by atomic mass is 19.3. The molecule has 4 atom stereocenters. The molecule has 2 saturated heterocycles. The molecule has 0 radical (unpaired) electrons. The first kappa shape index (κ1) is 40.3. The zero-order valence-electron chi connectivity index (χ0n) is 32.2. The first-order chi connectivity index (χ1) is 26.1. The lowest BCUT2D eigenvalue weighted by Gasteiger charge is -2.50. The minimum absolute atomic E-state index is 0.0120. The summed E-state index contributed by atoms with van der Waals surface area (Å²) < 4.78 is 41.4.